The van der Waals surface area contributed by atoms with Crippen LogP contribution in [0.1, 0.15) is 32.0 Å². The number of hydrogen-bond donors (Lipinski definition) is 1. The van der Waals surface area contributed by atoms with Crippen molar-refractivity contribution in [3.8, 4) is 0 Å². The second-order valence-corrected chi connectivity index (χ2v) is 4.75. The fourth-order valence-electron chi connectivity index (χ4n) is 1.89. The third-order valence-electron chi connectivity index (χ3n) is 2.37. The van der Waals surface area contributed by atoms with Gasteiger partial charge in [0.25, 0.3) is 0 Å². The minimum absolute atomic E-state index is 0.175. The molecular formula is C11H21N3. The molecule has 1 heterocycles. The van der Waals surface area contributed by atoms with Crippen molar-refractivity contribution in [3.63, 3.8) is 0 Å². The molecule has 1 aromatic rings. The van der Waals surface area contributed by atoms with E-state index in [4.69, 9.17) is 0 Å². The van der Waals surface area contributed by atoms with Crippen molar-refractivity contribution in [3.05, 3.63) is 17.5 Å². The van der Waals surface area contributed by atoms with E-state index in [1.54, 1.807) is 0 Å². The monoisotopic (exact) mass is 195 g/mol. The molecule has 0 bridgehead atoms. The summed E-state index contributed by atoms with van der Waals surface area (Å²) in [6.07, 6.45) is 3.04. The number of hydrogen-bond acceptors (Lipinski definition) is 2. The van der Waals surface area contributed by atoms with Crippen LogP contribution in [0.3, 0.4) is 0 Å². The summed E-state index contributed by atoms with van der Waals surface area (Å²) in [6, 6.07) is 0. The largest absolute Gasteiger partial charge is 0.319 e. The molecule has 80 valence electrons. The van der Waals surface area contributed by atoms with Crippen LogP contribution in [0.25, 0.3) is 0 Å². The Morgan fingerprint density at radius 1 is 1.43 bits per heavy atom. The van der Waals surface area contributed by atoms with Crippen LogP contribution in [0.15, 0.2) is 6.20 Å². The van der Waals surface area contributed by atoms with E-state index in [-0.39, 0.29) is 5.41 Å². The maximum atomic E-state index is 4.32. The van der Waals surface area contributed by atoms with Gasteiger partial charge in [0.05, 0.1) is 6.20 Å². The molecular weight excluding hydrogens is 174 g/mol. The summed E-state index contributed by atoms with van der Waals surface area (Å²) >= 11 is 0. The van der Waals surface area contributed by atoms with Crippen molar-refractivity contribution in [1.82, 2.24) is 15.1 Å². The van der Waals surface area contributed by atoms with Crippen molar-refractivity contribution < 1.29 is 0 Å². The average molecular weight is 195 g/mol. The van der Waals surface area contributed by atoms with Crippen molar-refractivity contribution in [2.45, 2.75) is 32.6 Å². The molecule has 0 amide bonds. The Balaban J connectivity index is 2.95. The predicted molar refractivity (Wildman–Crippen MR) is 59.5 cm³/mol. The molecule has 1 rings (SSSR count). The highest BCUT2D eigenvalue weighted by Gasteiger charge is 2.21. The Labute approximate surface area is 86.5 Å². The second-order valence-electron chi connectivity index (χ2n) is 4.75. The molecule has 3 heteroatoms. The van der Waals surface area contributed by atoms with E-state index in [9.17, 15) is 0 Å². The van der Waals surface area contributed by atoms with Crippen LogP contribution in [0, 0.1) is 0 Å². The van der Waals surface area contributed by atoms with Crippen LogP contribution in [0.4, 0.5) is 0 Å². The summed E-state index contributed by atoms with van der Waals surface area (Å²) in [6.45, 7) is 7.70. The van der Waals surface area contributed by atoms with Gasteiger partial charge >= 0.3 is 0 Å². The van der Waals surface area contributed by atoms with Crippen molar-refractivity contribution in [2.24, 2.45) is 7.05 Å². The highest BCUT2D eigenvalue weighted by atomic mass is 15.3. The maximum Gasteiger partial charge on any atom is 0.0525 e. The number of aryl methyl sites for hydroxylation is 1. The van der Waals surface area contributed by atoms with Gasteiger partial charge in [-0.3, -0.25) is 4.68 Å². The Hall–Kier alpha value is -0.830. The van der Waals surface area contributed by atoms with Gasteiger partial charge in [0, 0.05) is 18.2 Å². The van der Waals surface area contributed by atoms with Crippen LogP contribution >= 0.6 is 0 Å². The molecule has 0 saturated heterocycles. The zero-order valence-electron chi connectivity index (χ0n) is 9.89. The van der Waals surface area contributed by atoms with Gasteiger partial charge in [-0.25, -0.2) is 0 Å². The molecule has 0 radical (unpaired) electrons. The number of aromatic nitrogens is 2. The van der Waals surface area contributed by atoms with Crippen LogP contribution in [0.5, 0.6) is 0 Å². The van der Waals surface area contributed by atoms with Gasteiger partial charge < -0.3 is 5.32 Å². The molecule has 0 aromatic carbocycles. The van der Waals surface area contributed by atoms with Crippen LogP contribution < -0.4 is 5.32 Å². The van der Waals surface area contributed by atoms with E-state index >= 15 is 0 Å². The minimum Gasteiger partial charge on any atom is -0.319 e. The summed E-state index contributed by atoms with van der Waals surface area (Å²) in [7, 11) is 4.00. The zero-order valence-corrected chi connectivity index (χ0v) is 9.89. The second kappa shape index (κ2) is 4.13. The molecule has 0 aliphatic heterocycles. The third-order valence-corrected chi connectivity index (χ3v) is 2.37. The number of nitrogens with one attached hydrogen (secondary N) is 1. The SMILES string of the molecule is CNCCc1cnn(C)c1C(C)(C)C. The van der Waals surface area contributed by atoms with Crippen molar-refractivity contribution in [1.29, 1.82) is 0 Å². The fraction of sp³-hybridized carbons (Fsp3) is 0.727. The first kappa shape index (κ1) is 11.2. The first-order valence-corrected chi connectivity index (χ1v) is 5.12. The number of nitrogens with zero attached hydrogens (tertiary/aromatic N) is 2. The first-order chi connectivity index (χ1) is 6.46. The Bertz CT molecular complexity index is 294. The van der Waals surface area contributed by atoms with Crippen molar-refractivity contribution in [2.75, 3.05) is 13.6 Å². The predicted octanol–water partition coefficient (Wildman–Crippen LogP) is 1.48. The Kier molecular flexibility index (Phi) is 3.32. The molecule has 0 aliphatic carbocycles. The van der Waals surface area contributed by atoms with Crippen molar-refractivity contribution >= 4 is 0 Å². The topological polar surface area (TPSA) is 29.9 Å². The van der Waals surface area contributed by atoms with Crippen LogP contribution in [-0.4, -0.2) is 23.4 Å². The quantitative estimate of drug-likeness (QED) is 0.791. The van der Waals surface area contributed by atoms with Crippen LogP contribution in [-0.2, 0) is 18.9 Å². The molecule has 0 spiro atoms. The Morgan fingerprint density at radius 3 is 2.57 bits per heavy atom. The summed E-state index contributed by atoms with van der Waals surface area (Å²) in [5.41, 5.74) is 2.87. The van der Waals surface area contributed by atoms with Gasteiger partial charge in [0.1, 0.15) is 0 Å². The van der Waals surface area contributed by atoms with Gasteiger partial charge in [-0.1, -0.05) is 20.8 Å². The van der Waals surface area contributed by atoms with Gasteiger partial charge in [-0.15, -0.1) is 0 Å². The molecule has 1 aromatic heterocycles. The molecule has 0 fully saturated rings. The minimum atomic E-state index is 0.175. The van der Waals surface area contributed by atoms with E-state index in [1.807, 2.05) is 25.0 Å². The smallest absolute Gasteiger partial charge is 0.0525 e. The maximum absolute atomic E-state index is 4.32. The van der Waals surface area contributed by atoms with Gasteiger partial charge in [-0.05, 0) is 25.6 Å². The summed E-state index contributed by atoms with van der Waals surface area (Å²) in [5, 5.41) is 7.49. The molecule has 0 aliphatic rings. The Morgan fingerprint density at radius 2 is 2.07 bits per heavy atom. The lowest BCUT2D eigenvalue weighted by Gasteiger charge is -2.21. The van der Waals surface area contributed by atoms with Gasteiger partial charge in [-0.2, -0.15) is 5.10 Å². The summed E-state index contributed by atoms with van der Waals surface area (Å²) < 4.78 is 1.99. The molecule has 3 nitrogen and oxygen atoms in total. The third kappa shape index (κ3) is 2.35. The lowest BCUT2D eigenvalue weighted by atomic mass is 9.88. The highest BCUT2D eigenvalue weighted by molar-refractivity contribution is 5.24. The van der Waals surface area contributed by atoms with E-state index in [2.05, 4.69) is 31.2 Å². The van der Waals surface area contributed by atoms with Gasteiger partial charge in [0.15, 0.2) is 0 Å². The molecule has 14 heavy (non-hydrogen) atoms. The normalized spacial score (nSPS) is 12.1. The van der Waals surface area contributed by atoms with E-state index < -0.39 is 0 Å². The molecule has 1 N–H and O–H groups in total. The summed E-state index contributed by atoms with van der Waals surface area (Å²) in [4.78, 5) is 0. The number of likely N-dealkylation sites (N-methyl/N-ethyl adjacent to an activating group) is 1. The molecule has 0 saturated carbocycles. The lowest BCUT2D eigenvalue weighted by molar-refractivity contribution is 0.517. The van der Waals surface area contributed by atoms with Gasteiger partial charge in [0.2, 0.25) is 0 Å². The van der Waals surface area contributed by atoms with E-state index in [0.717, 1.165) is 13.0 Å². The van der Waals surface area contributed by atoms with Crippen LogP contribution in [0.2, 0.25) is 0 Å². The molecule has 0 atom stereocenters. The summed E-state index contributed by atoms with van der Waals surface area (Å²) in [5.74, 6) is 0. The van der Waals surface area contributed by atoms with E-state index in [1.165, 1.54) is 11.3 Å². The first-order valence-electron chi connectivity index (χ1n) is 5.12. The number of rotatable bonds is 3. The fourth-order valence-corrected chi connectivity index (χ4v) is 1.89. The van der Waals surface area contributed by atoms with E-state index in [0.29, 0.717) is 0 Å². The lowest BCUT2D eigenvalue weighted by Crippen LogP contribution is -2.20. The standard InChI is InChI=1S/C11H21N3/c1-11(2,3)10-9(6-7-12-4)8-13-14(10)5/h8,12H,6-7H2,1-5H3. The zero-order chi connectivity index (χ0) is 10.8. The molecule has 0 unspecified atom stereocenters. The average Bonchev–Trinajstić information content (AvgIpc) is 2.42. The highest BCUT2D eigenvalue weighted by Crippen LogP contribution is 2.25.